The Morgan fingerprint density at radius 2 is 1.50 bits per heavy atom. The smallest absolute Gasteiger partial charge is 0.199 e. The number of benzene rings is 1. The lowest BCUT2D eigenvalue weighted by molar-refractivity contribution is -0.0432. The van der Waals surface area contributed by atoms with Gasteiger partial charge in [0.2, 0.25) is 0 Å². The Bertz CT molecular complexity index is 423. The van der Waals surface area contributed by atoms with E-state index in [1.54, 1.807) is 6.08 Å². The van der Waals surface area contributed by atoms with Crippen LogP contribution in [0.4, 0.5) is 0 Å². The second-order valence-corrected chi connectivity index (χ2v) is 5.06. The summed E-state index contributed by atoms with van der Waals surface area (Å²) in [4.78, 5) is 0. The molecule has 2 fully saturated rings. The molecule has 2 saturated heterocycles. The number of ether oxygens (including phenoxy) is 4. The average molecular weight is 276 g/mol. The van der Waals surface area contributed by atoms with Crippen LogP contribution >= 0.6 is 0 Å². The second kappa shape index (κ2) is 6.29. The third-order valence-electron chi connectivity index (χ3n) is 3.45. The quantitative estimate of drug-likeness (QED) is 0.826. The molecule has 108 valence electrons. The third kappa shape index (κ3) is 3.32. The molecule has 2 unspecified atom stereocenters. The van der Waals surface area contributed by atoms with Crippen molar-refractivity contribution in [3.63, 3.8) is 0 Å². The Balaban J connectivity index is 1.72. The van der Waals surface area contributed by atoms with Crippen molar-refractivity contribution in [2.24, 2.45) is 0 Å². The molecule has 0 aromatic heterocycles. The van der Waals surface area contributed by atoms with Crippen LogP contribution in [0.5, 0.6) is 11.5 Å². The van der Waals surface area contributed by atoms with Crippen LogP contribution in [0.3, 0.4) is 0 Å². The molecule has 1 aromatic rings. The van der Waals surface area contributed by atoms with Crippen LogP contribution in [-0.4, -0.2) is 25.8 Å². The highest BCUT2D eigenvalue weighted by molar-refractivity contribution is 5.53. The maximum atomic E-state index is 5.83. The molecule has 0 radical (unpaired) electrons. The first kappa shape index (κ1) is 13.5. The van der Waals surface area contributed by atoms with E-state index in [2.05, 4.69) is 6.58 Å². The zero-order valence-electron chi connectivity index (χ0n) is 11.5. The first-order valence-electron chi connectivity index (χ1n) is 7.17. The standard InChI is InChI=1S/C16H20O4/c1-2-12-9-13(19-15-5-3-7-17-15)11-14(10-12)20-16-6-4-8-18-16/h2,9-11,15-16H,1,3-8H2. The van der Waals surface area contributed by atoms with Crippen LogP contribution < -0.4 is 9.47 Å². The van der Waals surface area contributed by atoms with E-state index >= 15 is 0 Å². The predicted molar refractivity (Wildman–Crippen MR) is 75.7 cm³/mol. The van der Waals surface area contributed by atoms with Crippen molar-refractivity contribution in [2.75, 3.05) is 13.2 Å². The molecule has 2 atom stereocenters. The van der Waals surface area contributed by atoms with Crippen LogP contribution in [0.2, 0.25) is 0 Å². The summed E-state index contributed by atoms with van der Waals surface area (Å²) in [7, 11) is 0. The summed E-state index contributed by atoms with van der Waals surface area (Å²) in [5.41, 5.74) is 0.966. The van der Waals surface area contributed by atoms with Gasteiger partial charge in [0, 0.05) is 18.9 Å². The van der Waals surface area contributed by atoms with Crippen molar-refractivity contribution in [1.82, 2.24) is 0 Å². The summed E-state index contributed by atoms with van der Waals surface area (Å²) < 4.78 is 22.6. The van der Waals surface area contributed by atoms with Crippen molar-refractivity contribution in [3.8, 4) is 11.5 Å². The lowest BCUT2D eigenvalue weighted by Crippen LogP contribution is -2.15. The molecule has 0 bridgehead atoms. The largest absolute Gasteiger partial charge is 0.465 e. The highest BCUT2D eigenvalue weighted by Gasteiger charge is 2.19. The van der Waals surface area contributed by atoms with E-state index in [0.717, 1.165) is 56.0 Å². The Labute approximate surface area is 119 Å². The summed E-state index contributed by atoms with van der Waals surface area (Å²) >= 11 is 0. The van der Waals surface area contributed by atoms with E-state index in [1.807, 2.05) is 18.2 Å². The summed E-state index contributed by atoms with van der Waals surface area (Å²) in [6.07, 6.45) is 5.44. The monoisotopic (exact) mass is 276 g/mol. The zero-order chi connectivity index (χ0) is 13.8. The van der Waals surface area contributed by atoms with Gasteiger partial charge in [-0.15, -0.1) is 0 Å². The highest BCUT2D eigenvalue weighted by Crippen LogP contribution is 2.28. The van der Waals surface area contributed by atoms with Crippen molar-refractivity contribution in [3.05, 3.63) is 30.3 Å². The van der Waals surface area contributed by atoms with E-state index in [9.17, 15) is 0 Å². The van der Waals surface area contributed by atoms with Gasteiger partial charge in [-0.2, -0.15) is 0 Å². The van der Waals surface area contributed by atoms with E-state index < -0.39 is 0 Å². The minimum absolute atomic E-state index is 0.148. The molecule has 3 rings (SSSR count). The third-order valence-corrected chi connectivity index (χ3v) is 3.45. The lowest BCUT2D eigenvalue weighted by atomic mass is 10.2. The van der Waals surface area contributed by atoms with Gasteiger partial charge in [0.05, 0.1) is 13.2 Å². The van der Waals surface area contributed by atoms with Gasteiger partial charge in [0.15, 0.2) is 12.6 Å². The minimum Gasteiger partial charge on any atom is -0.465 e. The van der Waals surface area contributed by atoms with E-state index in [1.165, 1.54) is 0 Å². The van der Waals surface area contributed by atoms with E-state index in [-0.39, 0.29) is 12.6 Å². The maximum Gasteiger partial charge on any atom is 0.199 e. The fraction of sp³-hybridized carbons (Fsp3) is 0.500. The molecule has 4 nitrogen and oxygen atoms in total. The molecule has 2 aliphatic heterocycles. The maximum absolute atomic E-state index is 5.83. The summed E-state index contributed by atoms with van der Waals surface area (Å²) in [6.45, 7) is 5.34. The van der Waals surface area contributed by atoms with Gasteiger partial charge in [-0.3, -0.25) is 0 Å². The first-order chi connectivity index (χ1) is 9.83. The van der Waals surface area contributed by atoms with E-state index in [4.69, 9.17) is 18.9 Å². The molecule has 0 aliphatic carbocycles. The normalized spacial score (nSPS) is 25.6. The average Bonchev–Trinajstić information content (AvgIpc) is 3.12. The molecular weight excluding hydrogens is 256 g/mol. The molecule has 0 N–H and O–H groups in total. The van der Waals surface area contributed by atoms with Gasteiger partial charge < -0.3 is 18.9 Å². The number of hydrogen-bond acceptors (Lipinski definition) is 4. The van der Waals surface area contributed by atoms with Crippen molar-refractivity contribution >= 4 is 6.08 Å². The van der Waals surface area contributed by atoms with Crippen molar-refractivity contribution in [1.29, 1.82) is 0 Å². The van der Waals surface area contributed by atoms with Gasteiger partial charge in [-0.25, -0.2) is 0 Å². The fourth-order valence-corrected chi connectivity index (χ4v) is 2.43. The molecule has 2 heterocycles. The number of rotatable bonds is 5. The molecule has 0 saturated carbocycles. The minimum atomic E-state index is -0.148. The highest BCUT2D eigenvalue weighted by atomic mass is 16.7. The Hall–Kier alpha value is -1.52. The zero-order valence-corrected chi connectivity index (χ0v) is 11.5. The van der Waals surface area contributed by atoms with E-state index in [0.29, 0.717) is 0 Å². The summed E-state index contributed by atoms with van der Waals surface area (Å²) in [6, 6.07) is 5.77. The Morgan fingerprint density at radius 3 is 1.90 bits per heavy atom. The summed E-state index contributed by atoms with van der Waals surface area (Å²) in [5.74, 6) is 1.50. The Morgan fingerprint density at radius 1 is 0.950 bits per heavy atom. The predicted octanol–water partition coefficient (Wildman–Crippen LogP) is 3.36. The second-order valence-electron chi connectivity index (χ2n) is 5.06. The van der Waals surface area contributed by atoms with Crippen molar-refractivity contribution < 1.29 is 18.9 Å². The van der Waals surface area contributed by atoms with Gasteiger partial charge >= 0.3 is 0 Å². The molecule has 0 amide bonds. The summed E-state index contributed by atoms with van der Waals surface area (Å²) in [5, 5.41) is 0. The SMILES string of the molecule is C=Cc1cc(OC2CCCO2)cc(OC2CCCO2)c1. The molecule has 20 heavy (non-hydrogen) atoms. The van der Waals surface area contributed by atoms with Gasteiger partial charge in [-0.1, -0.05) is 12.7 Å². The van der Waals surface area contributed by atoms with Crippen LogP contribution in [0, 0.1) is 0 Å². The van der Waals surface area contributed by atoms with Crippen LogP contribution in [0.15, 0.2) is 24.8 Å². The lowest BCUT2D eigenvalue weighted by Gasteiger charge is -2.17. The molecular formula is C16H20O4. The molecule has 2 aliphatic rings. The van der Waals surface area contributed by atoms with Crippen LogP contribution in [-0.2, 0) is 9.47 Å². The Kier molecular flexibility index (Phi) is 4.23. The van der Waals surface area contributed by atoms with Gasteiger partial charge in [0.1, 0.15) is 11.5 Å². The van der Waals surface area contributed by atoms with Crippen LogP contribution in [0.25, 0.3) is 6.08 Å². The number of hydrogen-bond donors (Lipinski definition) is 0. The topological polar surface area (TPSA) is 36.9 Å². The van der Waals surface area contributed by atoms with Gasteiger partial charge in [0.25, 0.3) is 0 Å². The molecule has 4 heteroatoms. The first-order valence-corrected chi connectivity index (χ1v) is 7.17. The van der Waals surface area contributed by atoms with Crippen LogP contribution in [0.1, 0.15) is 31.2 Å². The molecule has 0 spiro atoms. The fourth-order valence-electron chi connectivity index (χ4n) is 2.43. The van der Waals surface area contributed by atoms with Gasteiger partial charge in [-0.05, 0) is 30.5 Å². The molecule has 1 aromatic carbocycles. The van der Waals surface area contributed by atoms with Crippen molar-refractivity contribution in [2.45, 2.75) is 38.3 Å².